The van der Waals surface area contributed by atoms with Gasteiger partial charge in [-0.25, -0.2) is 4.79 Å². The van der Waals surface area contributed by atoms with Crippen molar-refractivity contribution in [2.75, 3.05) is 6.61 Å². The third-order valence-corrected chi connectivity index (χ3v) is 6.02. The van der Waals surface area contributed by atoms with Gasteiger partial charge in [0.2, 0.25) is 0 Å². The van der Waals surface area contributed by atoms with E-state index in [0.717, 1.165) is 0 Å². The van der Waals surface area contributed by atoms with Crippen molar-refractivity contribution in [1.82, 2.24) is 0 Å². The number of aliphatic hydroxyl groups is 9. The summed E-state index contributed by atoms with van der Waals surface area (Å²) in [5.74, 6) is -1.67. The number of ether oxygens (including phenoxy) is 5. The molecule has 0 radical (unpaired) electrons. The summed E-state index contributed by atoms with van der Waals surface area (Å²) in [5.41, 5.74) is 0. The van der Waals surface area contributed by atoms with E-state index in [9.17, 15) is 50.8 Å². The zero-order chi connectivity index (χ0) is 25.5. The first-order valence-electron chi connectivity index (χ1n) is 10.4. The van der Waals surface area contributed by atoms with Gasteiger partial charge in [0.05, 0.1) is 12.7 Å². The second kappa shape index (κ2) is 10.9. The Morgan fingerprint density at radius 2 is 1.29 bits per heavy atom. The predicted molar refractivity (Wildman–Crippen MR) is 100 cm³/mol. The fourth-order valence-electron chi connectivity index (χ4n) is 3.95. The summed E-state index contributed by atoms with van der Waals surface area (Å²) < 4.78 is 26.3. The van der Waals surface area contributed by atoms with Crippen LogP contribution in [0.1, 0.15) is 6.92 Å². The van der Waals surface area contributed by atoms with Gasteiger partial charge in [-0.15, -0.1) is 0 Å². The van der Waals surface area contributed by atoms with Crippen LogP contribution in [0.4, 0.5) is 0 Å². The van der Waals surface area contributed by atoms with E-state index in [1.807, 2.05) is 0 Å². The van der Waals surface area contributed by atoms with Crippen molar-refractivity contribution in [3.05, 3.63) is 0 Å². The van der Waals surface area contributed by atoms with Crippen LogP contribution in [0.15, 0.2) is 0 Å². The number of carboxylic acid groups (broad SMARTS) is 1. The van der Waals surface area contributed by atoms with Crippen molar-refractivity contribution in [2.45, 2.75) is 99.0 Å². The van der Waals surface area contributed by atoms with E-state index in [-0.39, 0.29) is 0 Å². The molecule has 0 bridgehead atoms. The molecule has 16 heteroatoms. The van der Waals surface area contributed by atoms with Crippen LogP contribution >= 0.6 is 0 Å². The number of hydrogen-bond acceptors (Lipinski definition) is 15. The standard InChI is InChI=1S/C18H30O16/c1-3-5(20)7(22)11(26)17(30-3)34-14-8(23)6(21)4(2-19)31-18(14)33-13-10(25)9(24)12(15(27)28)32-16(13)29/h3-14,16-26,29H,2H2,1H3,(H,27,28)/t3-,4+,5-,6+,7+,8-,9-,10-,11+,12-,13+,14+,16+,17-,18-/m0/s1. The average Bonchev–Trinajstić information content (AvgIpc) is 2.79. The van der Waals surface area contributed by atoms with E-state index in [1.165, 1.54) is 6.92 Å². The van der Waals surface area contributed by atoms with E-state index < -0.39 is 105 Å². The van der Waals surface area contributed by atoms with E-state index in [0.29, 0.717) is 0 Å². The molecule has 0 spiro atoms. The summed E-state index contributed by atoms with van der Waals surface area (Å²) in [7, 11) is 0. The first-order valence-corrected chi connectivity index (χ1v) is 10.4. The molecule has 10 N–H and O–H groups in total. The van der Waals surface area contributed by atoms with Crippen molar-refractivity contribution < 1.29 is 79.5 Å². The first kappa shape index (κ1) is 27.5. The Kier molecular flexibility index (Phi) is 8.81. The number of aliphatic carboxylic acids is 1. The SMILES string of the molecule is C[C@@H]1O[C@@H](O[C@H]2[C@H](O[C@@H]3[C@@H](O)[C@H](O)[C@@H](C(=O)O)O[C@H]3O)O[C@H](CO)[C@@H](O)[C@@H]2O)[C@H](O)[C@H](O)[C@H]1O. The molecule has 198 valence electrons. The summed E-state index contributed by atoms with van der Waals surface area (Å²) in [6, 6.07) is 0. The molecule has 34 heavy (non-hydrogen) atoms. The minimum absolute atomic E-state index is 0.814. The van der Waals surface area contributed by atoms with Gasteiger partial charge in [0.1, 0.15) is 61.0 Å². The summed E-state index contributed by atoms with van der Waals surface area (Å²) in [4.78, 5) is 11.1. The van der Waals surface area contributed by atoms with Gasteiger partial charge in [-0.05, 0) is 6.92 Å². The van der Waals surface area contributed by atoms with Crippen LogP contribution in [0.25, 0.3) is 0 Å². The quantitative estimate of drug-likeness (QED) is 0.162. The molecule has 0 saturated carbocycles. The lowest BCUT2D eigenvalue weighted by atomic mass is 9.96. The molecule has 0 unspecified atom stereocenters. The molecule has 3 aliphatic heterocycles. The molecular formula is C18H30O16. The third kappa shape index (κ3) is 5.20. The number of carboxylic acids is 1. The highest BCUT2D eigenvalue weighted by atomic mass is 16.8. The minimum Gasteiger partial charge on any atom is -0.479 e. The van der Waals surface area contributed by atoms with Crippen molar-refractivity contribution in [3.8, 4) is 0 Å². The Labute approximate surface area is 192 Å². The molecule has 3 rings (SSSR count). The molecule has 3 fully saturated rings. The lowest BCUT2D eigenvalue weighted by molar-refractivity contribution is -0.388. The molecule has 0 aliphatic carbocycles. The molecule has 3 heterocycles. The predicted octanol–water partition coefficient (Wildman–Crippen LogP) is -6.45. The number of aliphatic hydroxyl groups excluding tert-OH is 9. The normalized spacial score (nSPS) is 52.4. The van der Waals surface area contributed by atoms with Gasteiger partial charge in [-0.1, -0.05) is 0 Å². The highest BCUT2D eigenvalue weighted by Gasteiger charge is 2.54. The van der Waals surface area contributed by atoms with Gasteiger partial charge in [-0.3, -0.25) is 0 Å². The minimum atomic E-state index is -2.10. The van der Waals surface area contributed by atoms with E-state index in [1.54, 1.807) is 0 Å². The van der Waals surface area contributed by atoms with Crippen LogP contribution in [-0.4, -0.2) is 156 Å². The van der Waals surface area contributed by atoms with Crippen LogP contribution in [0.3, 0.4) is 0 Å². The third-order valence-electron chi connectivity index (χ3n) is 6.02. The van der Waals surface area contributed by atoms with Gasteiger partial charge in [0.15, 0.2) is 25.0 Å². The second-order valence-electron chi connectivity index (χ2n) is 8.36. The molecule has 0 aromatic rings. The van der Waals surface area contributed by atoms with Crippen molar-refractivity contribution in [2.24, 2.45) is 0 Å². The fraction of sp³-hybridized carbons (Fsp3) is 0.944. The molecule has 16 nitrogen and oxygen atoms in total. The number of carbonyl (C=O) groups is 1. The summed E-state index contributed by atoms with van der Waals surface area (Å²) >= 11 is 0. The lowest BCUT2D eigenvalue weighted by Crippen LogP contribution is -2.66. The highest BCUT2D eigenvalue weighted by molar-refractivity contribution is 5.73. The molecule has 0 aromatic carbocycles. The zero-order valence-corrected chi connectivity index (χ0v) is 17.8. The first-order chi connectivity index (χ1) is 15.9. The molecule has 3 aliphatic rings. The molecule has 15 atom stereocenters. The maximum absolute atomic E-state index is 11.1. The smallest absolute Gasteiger partial charge is 0.335 e. The van der Waals surface area contributed by atoms with Crippen LogP contribution in [0.2, 0.25) is 0 Å². The van der Waals surface area contributed by atoms with Crippen LogP contribution < -0.4 is 0 Å². The average molecular weight is 502 g/mol. The van der Waals surface area contributed by atoms with Crippen LogP contribution in [-0.2, 0) is 28.5 Å². The monoisotopic (exact) mass is 502 g/mol. The summed E-state index contributed by atoms with van der Waals surface area (Å²) in [5, 5.41) is 99.7. The van der Waals surface area contributed by atoms with Crippen molar-refractivity contribution in [1.29, 1.82) is 0 Å². The Bertz CT molecular complexity index is 695. The van der Waals surface area contributed by atoms with Gasteiger partial charge < -0.3 is 74.7 Å². The fourth-order valence-corrected chi connectivity index (χ4v) is 3.95. The topological polar surface area (TPSA) is 266 Å². The van der Waals surface area contributed by atoms with Crippen LogP contribution in [0.5, 0.6) is 0 Å². The number of rotatable bonds is 6. The van der Waals surface area contributed by atoms with Gasteiger partial charge in [0.25, 0.3) is 0 Å². The van der Waals surface area contributed by atoms with Crippen LogP contribution in [0, 0.1) is 0 Å². The molecule has 0 aromatic heterocycles. The Balaban J connectivity index is 1.82. The largest absolute Gasteiger partial charge is 0.479 e. The maximum atomic E-state index is 11.1. The highest BCUT2D eigenvalue weighted by Crippen LogP contribution is 2.32. The molecule has 0 amide bonds. The number of hydrogen-bond donors (Lipinski definition) is 10. The van der Waals surface area contributed by atoms with E-state index in [2.05, 4.69) is 0 Å². The zero-order valence-electron chi connectivity index (χ0n) is 17.8. The van der Waals surface area contributed by atoms with Crippen molar-refractivity contribution >= 4 is 5.97 Å². The van der Waals surface area contributed by atoms with Crippen molar-refractivity contribution in [3.63, 3.8) is 0 Å². The van der Waals surface area contributed by atoms with Gasteiger partial charge in [-0.2, -0.15) is 0 Å². The Morgan fingerprint density at radius 1 is 0.706 bits per heavy atom. The van der Waals surface area contributed by atoms with E-state index in [4.69, 9.17) is 28.8 Å². The second-order valence-corrected chi connectivity index (χ2v) is 8.36. The maximum Gasteiger partial charge on any atom is 0.335 e. The lowest BCUT2D eigenvalue weighted by Gasteiger charge is -2.47. The van der Waals surface area contributed by atoms with E-state index >= 15 is 0 Å². The molecular weight excluding hydrogens is 472 g/mol. The summed E-state index contributed by atoms with van der Waals surface area (Å²) in [6.07, 6.45) is -26.4. The Morgan fingerprint density at radius 3 is 1.88 bits per heavy atom. The van der Waals surface area contributed by atoms with Gasteiger partial charge in [0, 0.05) is 0 Å². The van der Waals surface area contributed by atoms with Gasteiger partial charge >= 0.3 is 5.97 Å². The molecule has 3 saturated heterocycles. The Hall–Kier alpha value is -1.09. The summed E-state index contributed by atoms with van der Waals surface area (Å²) in [6.45, 7) is 0.548.